The molecule has 0 unspecified atom stereocenters. The molecule has 2 aliphatic heterocycles. The van der Waals surface area contributed by atoms with Gasteiger partial charge in [-0.05, 0) is 64.0 Å². The number of pyridine rings is 1. The normalized spacial score (nSPS) is 17.4. The van der Waals surface area contributed by atoms with Crippen LogP contribution >= 0.6 is 45.6 Å². The van der Waals surface area contributed by atoms with Gasteiger partial charge in [0.15, 0.2) is 0 Å². The molecule has 9 heteroatoms. The molecule has 36 heavy (non-hydrogen) atoms. The zero-order valence-electron chi connectivity index (χ0n) is 20.0. The summed E-state index contributed by atoms with van der Waals surface area (Å²) < 4.78 is 0. The smallest absolute Gasteiger partial charge is 0.336 e. The Balaban J connectivity index is 0.00000180. The fourth-order valence-electron chi connectivity index (χ4n) is 5.51. The summed E-state index contributed by atoms with van der Waals surface area (Å²) >= 11 is 6.38. The van der Waals surface area contributed by atoms with Crippen molar-refractivity contribution in [2.45, 2.75) is 44.7 Å². The lowest BCUT2D eigenvalue weighted by molar-refractivity contribution is 0.0692. The third-order valence-corrected chi connectivity index (χ3v) is 7.66. The maximum Gasteiger partial charge on any atom is 0.336 e. The summed E-state index contributed by atoms with van der Waals surface area (Å²) in [7, 11) is 0. The number of aromatic carboxylic acids is 1. The van der Waals surface area contributed by atoms with Crippen LogP contribution in [0.1, 0.15) is 48.0 Å². The van der Waals surface area contributed by atoms with Crippen LogP contribution in [0.4, 0.5) is 0 Å². The summed E-state index contributed by atoms with van der Waals surface area (Å²) in [5.41, 5.74) is 2.67. The Bertz CT molecular complexity index is 1200. The minimum Gasteiger partial charge on any atom is -0.506 e. The van der Waals surface area contributed by atoms with Crippen molar-refractivity contribution in [3.05, 3.63) is 58.6 Å². The molecule has 2 saturated heterocycles. The number of aromatic hydroxyl groups is 1. The molecule has 5 rings (SSSR count). The highest BCUT2D eigenvalue weighted by Gasteiger charge is 2.29. The van der Waals surface area contributed by atoms with Crippen LogP contribution in [-0.2, 0) is 6.54 Å². The average Bonchev–Trinajstić information content (AvgIpc) is 2.87. The van der Waals surface area contributed by atoms with E-state index in [0.717, 1.165) is 31.5 Å². The van der Waals surface area contributed by atoms with E-state index >= 15 is 0 Å². The van der Waals surface area contributed by atoms with Crippen molar-refractivity contribution in [1.29, 1.82) is 0 Å². The Morgan fingerprint density at radius 1 is 0.972 bits per heavy atom. The first-order valence-corrected chi connectivity index (χ1v) is 12.5. The molecule has 1 aromatic heterocycles. The molecule has 0 aliphatic carbocycles. The monoisotopic (exact) mass is 639 g/mol. The zero-order valence-corrected chi connectivity index (χ0v) is 24.2. The quantitative estimate of drug-likeness (QED) is 0.329. The van der Waals surface area contributed by atoms with Gasteiger partial charge in [-0.1, -0.05) is 48.4 Å². The second-order valence-corrected chi connectivity index (χ2v) is 9.76. The average molecular weight is 642 g/mol. The minimum atomic E-state index is -1.01. The van der Waals surface area contributed by atoms with Crippen LogP contribution in [0.2, 0.25) is 5.02 Å². The Morgan fingerprint density at radius 3 is 2.28 bits per heavy atom. The molecule has 0 saturated carbocycles. The molecule has 0 radical (unpaired) electrons. The zero-order chi connectivity index (χ0) is 23.7. The third kappa shape index (κ3) is 5.89. The lowest BCUT2D eigenvalue weighted by Crippen LogP contribution is -2.46. The first-order chi connectivity index (χ1) is 16.5. The fraction of sp³-hybridized carbons (Fsp3) is 0.407. The molecular weight excluding hydrogens is 610 g/mol. The van der Waals surface area contributed by atoms with Gasteiger partial charge in [0.25, 0.3) is 0 Å². The van der Waals surface area contributed by atoms with Gasteiger partial charge in [-0.15, -0.1) is 34.0 Å². The van der Waals surface area contributed by atoms with Crippen molar-refractivity contribution in [2.75, 3.05) is 26.2 Å². The highest BCUT2D eigenvalue weighted by molar-refractivity contribution is 8.93. The van der Waals surface area contributed by atoms with Crippen LogP contribution in [0.3, 0.4) is 0 Å². The fourth-order valence-corrected chi connectivity index (χ4v) is 5.71. The number of aromatic nitrogens is 1. The second-order valence-electron chi connectivity index (χ2n) is 9.38. The molecule has 0 spiro atoms. The number of hydrogen-bond donors (Lipinski definition) is 2. The summed E-state index contributed by atoms with van der Waals surface area (Å²) in [5, 5.41) is 20.9. The van der Waals surface area contributed by atoms with Gasteiger partial charge in [-0.3, -0.25) is 4.90 Å². The molecule has 2 aromatic carbocycles. The van der Waals surface area contributed by atoms with Crippen LogP contribution in [0, 0.1) is 0 Å². The summed E-state index contributed by atoms with van der Waals surface area (Å²) in [6, 6.07) is 13.3. The summed E-state index contributed by atoms with van der Waals surface area (Å²) in [5.74, 6) is -1.12. The van der Waals surface area contributed by atoms with Gasteiger partial charge < -0.3 is 15.1 Å². The number of carboxylic acids is 1. The van der Waals surface area contributed by atoms with Crippen molar-refractivity contribution in [1.82, 2.24) is 14.8 Å². The van der Waals surface area contributed by atoms with Gasteiger partial charge in [0.05, 0.1) is 16.8 Å². The molecule has 6 nitrogen and oxygen atoms in total. The highest BCUT2D eigenvalue weighted by atomic mass is 79.9. The lowest BCUT2D eigenvalue weighted by atomic mass is 9.94. The number of carboxylic acid groups (broad SMARTS) is 1. The molecular formula is C27H32Br2ClN3O3. The van der Waals surface area contributed by atoms with Crippen molar-refractivity contribution in [3.63, 3.8) is 0 Å². The first-order valence-electron chi connectivity index (χ1n) is 12.1. The summed E-state index contributed by atoms with van der Waals surface area (Å²) in [4.78, 5) is 22.4. The maximum atomic E-state index is 12.6. The van der Waals surface area contributed by atoms with E-state index in [9.17, 15) is 15.0 Å². The molecule has 194 valence electrons. The topological polar surface area (TPSA) is 76.9 Å². The Hall–Kier alpha value is -1.71. The maximum absolute atomic E-state index is 12.6. The molecule has 2 aliphatic rings. The number of hydrogen-bond acceptors (Lipinski definition) is 5. The largest absolute Gasteiger partial charge is 0.506 e. The molecule has 3 heterocycles. The number of rotatable bonds is 5. The van der Waals surface area contributed by atoms with Crippen molar-refractivity contribution < 1.29 is 15.0 Å². The molecule has 2 N–H and O–H groups in total. The first kappa shape index (κ1) is 28.9. The predicted octanol–water partition coefficient (Wildman–Crippen LogP) is 6.57. The van der Waals surface area contributed by atoms with E-state index in [1.54, 1.807) is 6.07 Å². The molecule has 2 fully saturated rings. The van der Waals surface area contributed by atoms with Crippen LogP contribution in [0.5, 0.6) is 5.75 Å². The number of halogens is 3. The number of piperidine rings is 2. The summed E-state index contributed by atoms with van der Waals surface area (Å²) in [6.45, 7) is 4.79. The van der Waals surface area contributed by atoms with Crippen molar-refractivity contribution in [3.8, 4) is 17.0 Å². The van der Waals surface area contributed by atoms with E-state index in [1.165, 1.54) is 38.4 Å². The van der Waals surface area contributed by atoms with Crippen LogP contribution < -0.4 is 0 Å². The van der Waals surface area contributed by atoms with E-state index in [2.05, 4.69) is 9.80 Å². The van der Waals surface area contributed by atoms with Gasteiger partial charge in [-0.25, -0.2) is 9.78 Å². The summed E-state index contributed by atoms with van der Waals surface area (Å²) in [6.07, 6.45) is 6.13. The number of likely N-dealkylation sites (tertiary alicyclic amines) is 2. The molecule has 0 amide bonds. The third-order valence-electron chi connectivity index (χ3n) is 7.28. The van der Waals surface area contributed by atoms with E-state index in [0.29, 0.717) is 34.7 Å². The Kier molecular flexibility index (Phi) is 10.2. The van der Waals surface area contributed by atoms with E-state index in [-0.39, 0.29) is 50.3 Å². The van der Waals surface area contributed by atoms with E-state index in [4.69, 9.17) is 16.6 Å². The molecule has 3 aromatic rings. The number of phenols is 1. The Morgan fingerprint density at radius 2 is 1.64 bits per heavy atom. The number of fused-ring (bicyclic) bond motifs is 1. The molecule has 0 atom stereocenters. The number of phenolic OH excluding ortho intramolecular Hbond substituents is 1. The SMILES string of the molecule is Br.Br.O=C(O)c1c(CN2CCC(N3CCCCC3)CC2)c(-c2ccccc2)nc2c(Cl)c(O)ccc12. The van der Waals surface area contributed by atoms with Crippen LogP contribution in [0.25, 0.3) is 22.2 Å². The lowest BCUT2D eigenvalue weighted by Gasteiger charge is -2.40. The highest BCUT2D eigenvalue weighted by Crippen LogP contribution is 2.38. The predicted molar refractivity (Wildman–Crippen MR) is 155 cm³/mol. The second kappa shape index (κ2) is 12.7. The van der Waals surface area contributed by atoms with Gasteiger partial charge in [0.2, 0.25) is 0 Å². The number of carbonyl (C=O) groups is 1. The van der Waals surface area contributed by atoms with E-state index < -0.39 is 5.97 Å². The molecule has 0 bridgehead atoms. The van der Waals surface area contributed by atoms with Gasteiger partial charge in [0, 0.05) is 29.1 Å². The van der Waals surface area contributed by atoms with Crippen molar-refractivity contribution in [2.24, 2.45) is 0 Å². The van der Waals surface area contributed by atoms with Crippen molar-refractivity contribution >= 4 is 62.4 Å². The Labute approximate surface area is 237 Å². The number of nitrogens with zero attached hydrogens (tertiary/aromatic N) is 3. The van der Waals surface area contributed by atoms with Crippen LogP contribution in [-0.4, -0.2) is 63.2 Å². The van der Waals surface area contributed by atoms with Crippen LogP contribution in [0.15, 0.2) is 42.5 Å². The minimum absolute atomic E-state index is 0. The van der Waals surface area contributed by atoms with Gasteiger partial charge in [0.1, 0.15) is 10.8 Å². The van der Waals surface area contributed by atoms with Gasteiger partial charge >= 0.3 is 5.97 Å². The van der Waals surface area contributed by atoms with E-state index in [1.807, 2.05) is 30.3 Å². The van der Waals surface area contributed by atoms with Gasteiger partial charge in [-0.2, -0.15) is 0 Å². The standard InChI is InChI=1S/C27H30ClN3O3.2BrH/c28-24-22(32)10-9-20-23(27(33)34)21(25(29-26(20)24)18-7-3-1-4-8-18)17-30-15-11-19(12-16-30)31-13-5-2-6-14-31;;/h1,3-4,7-10,19,32H,2,5-6,11-17H2,(H,33,34);2*1H. The number of benzene rings is 2.